The van der Waals surface area contributed by atoms with Crippen LogP contribution in [0.3, 0.4) is 0 Å². The molecule has 0 atom stereocenters. The molecule has 226 valence electrons. The van der Waals surface area contributed by atoms with Crippen molar-refractivity contribution in [3.05, 3.63) is 102 Å². The van der Waals surface area contributed by atoms with E-state index in [1.807, 2.05) is 55.5 Å². The van der Waals surface area contributed by atoms with Gasteiger partial charge < -0.3 is 10.1 Å². The first kappa shape index (κ1) is 29.5. The number of nitrogens with zero attached hydrogens (tertiary/aromatic N) is 4. The molecule has 0 bridgehead atoms. The number of hydrogen-bond donors (Lipinski definition) is 3. The molecule has 5 aromatic rings. The minimum atomic E-state index is -0.363. The zero-order valence-electron chi connectivity index (χ0n) is 25.7. The second-order valence-corrected chi connectivity index (χ2v) is 12.5. The van der Waals surface area contributed by atoms with Gasteiger partial charge in [-0.05, 0) is 41.6 Å². The number of carbonyl (C=O) groups is 1. The van der Waals surface area contributed by atoms with E-state index in [0.29, 0.717) is 44.4 Å². The lowest BCUT2D eigenvalue weighted by atomic mass is 9.92. The SMILES string of the molecule is Cc1ccc(-n2nc(C(C)(C)C)cc2NC(=O)Nc2ccc(-c3ccc(C[N+]4(O)CCOCC4)cc3)c3ccccc23)cn1. The lowest BCUT2D eigenvalue weighted by Crippen LogP contribution is -2.51. The Morgan fingerprint density at radius 1 is 0.955 bits per heavy atom. The maximum atomic E-state index is 13.4. The molecule has 44 heavy (non-hydrogen) atoms. The molecule has 1 saturated heterocycles. The molecule has 2 amide bonds. The van der Waals surface area contributed by atoms with E-state index in [0.717, 1.165) is 44.5 Å². The number of aromatic nitrogens is 3. The lowest BCUT2D eigenvalue weighted by molar-refractivity contribution is -1.12. The van der Waals surface area contributed by atoms with E-state index in [4.69, 9.17) is 9.84 Å². The van der Waals surface area contributed by atoms with E-state index in [1.165, 1.54) is 0 Å². The zero-order chi connectivity index (χ0) is 30.9. The minimum Gasteiger partial charge on any atom is -0.370 e. The number of amides is 2. The first-order valence-electron chi connectivity index (χ1n) is 15.0. The van der Waals surface area contributed by atoms with Gasteiger partial charge in [-0.25, -0.2) is 14.7 Å². The summed E-state index contributed by atoms with van der Waals surface area (Å²) in [6, 6.07) is 25.8. The summed E-state index contributed by atoms with van der Waals surface area (Å²) >= 11 is 0. The number of fused-ring (bicyclic) bond motifs is 1. The number of anilines is 2. The molecule has 9 nitrogen and oxygen atoms in total. The summed E-state index contributed by atoms with van der Waals surface area (Å²) in [5.74, 6) is 0.558. The van der Waals surface area contributed by atoms with Crippen molar-refractivity contribution >= 4 is 28.3 Å². The average Bonchev–Trinajstić information content (AvgIpc) is 3.43. The molecule has 9 heteroatoms. The third-order valence-electron chi connectivity index (χ3n) is 8.08. The highest BCUT2D eigenvalue weighted by atomic mass is 16.6. The summed E-state index contributed by atoms with van der Waals surface area (Å²) in [6.07, 6.45) is 1.75. The van der Waals surface area contributed by atoms with Gasteiger partial charge >= 0.3 is 6.03 Å². The fraction of sp³-hybridized carbons (Fsp3) is 0.286. The Hall–Kier alpha value is -4.57. The molecular weight excluding hydrogens is 552 g/mol. The molecule has 0 aliphatic carbocycles. The van der Waals surface area contributed by atoms with Crippen LogP contribution in [-0.4, -0.2) is 57.0 Å². The molecule has 1 aliphatic rings. The Kier molecular flexibility index (Phi) is 7.94. The summed E-state index contributed by atoms with van der Waals surface area (Å²) in [4.78, 5) is 17.8. The van der Waals surface area contributed by atoms with E-state index < -0.39 is 0 Å². The fourth-order valence-corrected chi connectivity index (χ4v) is 5.52. The van der Waals surface area contributed by atoms with Crippen molar-refractivity contribution in [3.63, 3.8) is 0 Å². The van der Waals surface area contributed by atoms with Crippen LogP contribution in [0.1, 0.15) is 37.7 Å². The number of benzene rings is 3. The highest BCUT2D eigenvalue weighted by Gasteiger charge is 2.29. The Morgan fingerprint density at radius 2 is 1.68 bits per heavy atom. The molecule has 3 N–H and O–H groups in total. The molecule has 0 saturated carbocycles. The second-order valence-electron chi connectivity index (χ2n) is 12.5. The van der Waals surface area contributed by atoms with E-state index in [2.05, 4.69) is 66.7 Å². The van der Waals surface area contributed by atoms with Gasteiger partial charge in [0.05, 0.1) is 36.5 Å². The van der Waals surface area contributed by atoms with Gasteiger partial charge in [-0.15, -0.1) is 0 Å². The number of aryl methyl sites for hydroxylation is 1. The maximum Gasteiger partial charge on any atom is 0.324 e. The summed E-state index contributed by atoms with van der Waals surface area (Å²) in [6.45, 7) is 11.1. The molecule has 0 spiro atoms. The molecule has 3 heterocycles. The van der Waals surface area contributed by atoms with Crippen molar-refractivity contribution in [1.29, 1.82) is 0 Å². The highest BCUT2D eigenvalue weighted by molar-refractivity contribution is 6.09. The van der Waals surface area contributed by atoms with Crippen molar-refractivity contribution in [3.8, 4) is 16.8 Å². The van der Waals surface area contributed by atoms with Crippen LogP contribution >= 0.6 is 0 Å². The van der Waals surface area contributed by atoms with Gasteiger partial charge in [0.25, 0.3) is 0 Å². The van der Waals surface area contributed by atoms with Crippen LogP contribution in [0.15, 0.2) is 85.1 Å². The van der Waals surface area contributed by atoms with E-state index in [1.54, 1.807) is 10.9 Å². The normalized spacial score (nSPS) is 14.8. The minimum absolute atomic E-state index is 0.00488. The maximum absolute atomic E-state index is 13.4. The molecule has 2 aromatic heterocycles. The van der Waals surface area contributed by atoms with Crippen LogP contribution < -0.4 is 10.6 Å². The Balaban J connectivity index is 1.24. The Labute approximate surface area is 257 Å². The topological polar surface area (TPSA) is 101 Å². The van der Waals surface area contributed by atoms with Crippen molar-refractivity contribution in [2.45, 2.75) is 39.7 Å². The third kappa shape index (κ3) is 6.35. The van der Waals surface area contributed by atoms with Crippen LogP contribution in [0.2, 0.25) is 0 Å². The van der Waals surface area contributed by atoms with Crippen molar-refractivity contribution in [2.24, 2.45) is 0 Å². The highest BCUT2D eigenvalue weighted by Crippen LogP contribution is 2.34. The third-order valence-corrected chi connectivity index (χ3v) is 8.08. The summed E-state index contributed by atoms with van der Waals surface area (Å²) in [5.41, 5.74) is 6.24. The van der Waals surface area contributed by atoms with Crippen LogP contribution in [0, 0.1) is 6.92 Å². The monoisotopic (exact) mass is 591 g/mol. The number of morpholine rings is 1. The molecule has 0 radical (unpaired) electrons. The molecule has 3 aromatic carbocycles. The lowest BCUT2D eigenvalue weighted by Gasteiger charge is -2.33. The van der Waals surface area contributed by atoms with Gasteiger partial charge in [-0.3, -0.25) is 10.3 Å². The predicted octanol–water partition coefficient (Wildman–Crippen LogP) is 7.07. The summed E-state index contributed by atoms with van der Waals surface area (Å²) in [7, 11) is 0. The summed E-state index contributed by atoms with van der Waals surface area (Å²) < 4.78 is 7.14. The summed E-state index contributed by atoms with van der Waals surface area (Å²) in [5, 5.41) is 23.7. The van der Waals surface area contributed by atoms with Crippen LogP contribution in [-0.2, 0) is 16.7 Å². The van der Waals surface area contributed by atoms with Crippen molar-refractivity contribution < 1.29 is 19.4 Å². The number of rotatable bonds is 6. The van der Waals surface area contributed by atoms with Crippen molar-refractivity contribution in [1.82, 2.24) is 14.8 Å². The first-order chi connectivity index (χ1) is 21.1. The number of quaternary nitrogens is 1. The van der Waals surface area contributed by atoms with E-state index in [-0.39, 0.29) is 16.1 Å². The largest absolute Gasteiger partial charge is 0.370 e. The van der Waals surface area contributed by atoms with Crippen LogP contribution in [0.5, 0.6) is 0 Å². The predicted molar refractivity (Wildman–Crippen MR) is 173 cm³/mol. The van der Waals surface area contributed by atoms with Gasteiger partial charge in [0, 0.05) is 28.1 Å². The zero-order valence-corrected chi connectivity index (χ0v) is 25.7. The second kappa shape index (κ2) is 11.8. The van der Waals surface area contributed by atoms with Gasteiger partial charge in [0.1, 0.15) is 25.5 Å². The number of urea groups is 1. The van der Waals surface area contributed by atoms with Crippen LogP contribution in [0.4, 0.5) is 16.3 Å². The molecule has 0 unspecified atom stereocenters. The number of carbonyl (C=O) groups excluding carboxylic acids is 1. The van der Waals surface area contributed by atoms with Gasteiger partial charge in [0.15, 0.2) is 0 Å². The first-order valence-corrected chi connectivity index (χ1v) is 15.0. The van der Waals surface area contributed by atoms with E-state index >= 15 is 0 Å². The number of pyridine rings is 1. The standard InChI is InChI=1S/C35H38N6O3/c1-24-9-14-27(22-36-24)40-33(21-32(39-40)35(2,3)4)38-34(42)37-31-16-15-28(29-7-5-6-8-30(29)31)26-12-10-25(11-13-26)23-41(43)17-19-44-20-18-41/h5-16,21-22,43H,17-20,23H2,1-4H3,(H-,37,38,39,42)/p+1. The molecular formula is C35H39N6O3+. The average molecular weight is 592 g/mol. The van der Waals surface area contributed by atoms with Crippen molar-refractivity contribution in [2.75, 3.05) is 36.9 Å². The molecule has 1 aliphatic heterocycles. The van der Waals surface area contributed by atoms with Gasteiger partial charge in [-0.1, -0.05) is 75.4 Å². The number of ether oxygens (including phenoxy) is 1. The Bertz CT molecular complexity index is 1780. The van der Waals surface area contributed by atoms with Gasteiger partial charge in [-0.2, -0.15) is 9.75 Å². The number of nitrogens with one attached hydrogen (secondary N) is 2. The van der Waals surface area contributed by atoms with Crippen LogP contribution in [0.25, 0.3) is 27.6 Å². The Morgan fingerprint density at radius 3 is 2.36 bits per heavy atom. The number of hydrogen-bond acceptors (Lipinski definition) is 5. The number of hydroxylamine groups is 3. The molecule has 6 rings (SSSR count). The molecule has 1 fully saturated rings. The quantitative estimate of drug-likeness (QED) is 0.183. The fourth-order valence-electron chi connectivity index (χ4n) is 5.52. The van der Waals surface area contributed by atoms with Gasteiger partial charge in [0.2, 0.25) is 0 Å². The van der Waals surface area contributed by atoms with E-state index in [9.17, 15) is 10.0 Å². The smallest absolute Gasteiger partial charge is 0.324 e.